The summed E-state index contributed by atoms with van der Waals surface area (Å²) in [5.74, 6) is -1.56. The van der Waals surface area contributed by atoms with Gasteiger partial charge in [-0.15, -0.1) is 0 Å². The molecule has 0 bridgehead atoms. The first-order valence-electron chi connectivity index (χ1n) is 4.76. The van der Waals surface area contributed by atoms with Gasteiger partial charge in [0.25, 0.3) is 0 Å². The average molecular weight is 286 g/mol. The predicted octanol–water partition coefficient (Wildman–Crippen LogP) is -0.0547. The molecule has 0 radical (unpaired) electrons. The zero-order valence-electron chi connectivity index (χ0n) is 8.63. The van der Waals surface area contributed by atoms with Crippen molar-refractivity contribution in [1.29, 1.82) is 0 Å². The SMILES string of the molecule is N[C@@H](C[SeH])C(=O)C(=O)OCc1ccccc1. The van der Waals surface area contributed by atoms with E-state index in [9.17, 15) is 9.59 Å². The molecule has 2 N–H and O–H groups in total. The van der Waals surface area contributed by atoms with Crippen molar-refractivity contribution in [2.75, 3.05) is 0 Å². The van der Waals surface area contributed by atoms with Crippen LogP contribution in [-0.4, -0.2) is 33.8 Å². The van der Waals surface area contributed by atoms with Crippen LogP contribution in [0.1, 0.15) is 5.56 Å². The van der Waals surface area contributed by atoms with E-state index in [1.54, 1.807) is 0 Å². The number of benzene rings is 1. The van der Waals surface area contributed by atoms with E-state index < -0.39 is 17.8 Å². The third kappa shape index (κ3) is 3.77. The van der Waals surface area contributed by atoms with Crippen LogP contribution in [0.25, 0.3) is 0 Å². The molecule has 1 aromatic rings. The van der Waals surface area contributed by atoms with E-state index in [4.69, 9.17) is 10.5 Å². The van der Waals surface area contributed by atoms with Gasteiger partial charge in [-0.3, -0.25) is 0 Å². The Kier molecular flexibility index (Phi) is 5.19. The van der Waals surface area contributed by atoms with E-state index in [1.807, 2.05) is 30.3 Å². The topological polar surface area (TPSA) is 69.4 Å². The molecule has 5 heteroatoms. The maximum atomic E-state index is 11.3. The monoisotopic (exact) mass is 287 g/mol. The van der Waals surface area contributed by atoms with Crippen LogP contribution >= 0.6 is 0 Å². The van der Waals surface area contributed by atoms with Gasteiger partial charge in [-0.25, -0.2) is 0 Å². The van der Waals surface area contributed by atoms with Crippen LogP contribution in [-0.2, 0) is 20.9 Å². The van der Waals surface area contributed by atoms with E-state index in [1.165, 1.54) is 0 Å². The third-order valence-electron chi connectivity index (χ3n) is 1.95. The first kappa shape index (κ1) is 12.9. The number of hydrogen-bond donors (Lipinski definition) is 1. The van der Waals surface area contributed by atoms with Gasteiger partial charge in [-0.2, -0.15) is 0 Å². The van der Waals surface area contributed by atoms with Gasteiger partial charge in [-0.05, 0) is 0 Å². The van der Waals surface area contributed by atoms with E-state index in [0.29, 0.717) is 5.32 Å². The van der Waals surface area contributed by atoms with Gasteiger partial charge in [0.2, 0.25) is 0 Å². The molecule has 0 spiro atoms. The van der Waals surface area contributed by atoms with E-state index in [0.717, 1.165) is 5.56 Å². The second-order valence-corrected chi connectivity index (χ2v) is 3.98. The van der Waals surface area contributed by atoms with Gasteiger partial charge in [0, 0.05) is 0 Å². The fourth-order valence-electron chi connectivity index (χ4n) is 1.03. The molecule has 0 saturated carbocycles. The molecule has 4 nitrogen and oxygen atoms in total. The van der Waals surface area contributed by atoms with Crippen LogP contribution in [0.4, 0.5) is 0 Å². The van der Waals surface area contributed by atoms with Crippen molar-refractivity contribution in [3.63, 3.8) is 0 Å². The molecule has 0 amide bonds. The zero-order valence-corrected chi connectivity index (χ0v) is 10.5. The normalized spacial score (nSPS) is 11.9. The van der Waals surface area contributed by atoms with Crippen molar-refractivity contribution in [3.8, 4) is 0 Å². The molecule has 0 heterocycles. The Labute approximate surface area is 102 Å². The number of hydrogen-bond acceptors (Lipinski definition) is 4. The third-order valence-corrected chi connectivity index (χ3v) is 2.77. The summed E-state index contributed by atoms with van der Waals surface area (Å²) >= 11 is 2.17. The Morgan fingerprint density at radius 3 is 2.50 bits per heavy atom. The predicted molar refractivity (Wildman–Crippen MR) is 61.2 cm³/mol. The fraction of sp³-hybridized carbons (Fsp3) is 0.273. The molecule has 0 fully saturated rings. The van der Waals surface area contributed by atoms with Crippen molar-refractivity contribution in [3.05, 3.63) is 35.9 Å². The number of rotatable bonds is 5. The molecule has 0 aliphatic carbocycles. The minimum absolute atomic E-state index is 0.0940. The molecule has 0 aliphatic rings. The summed E-state index contributed by atoms with van der Waals surface area (Å²) in [5.41, 5.74) is 6.26. The van der Waals surface area contributed by atoms with E-state index >= 15 is 0 Å². The maximum absolute atomic E-state index is 11.3. The summed E-state index contributed by atoms with van der Waals surface area (Å²) < 4.78 is 4.84. The second-order valence-electron chi connectivity index (χ2n) is 3.22. The molecule has 0 unspecified atom stereocenters. The van der Waals surface area contributed by atoms with E-state index in [2.05, 4.69) is 16.0 Å². The molecule has 1 rings (SSSR count). The van der Waals surface area contributed by atoms with Gasteiger partial charge in [0.15, 0.2) is 0 Å². The number of carbonyl (C=O) groups excluding carboxylic acids is 2. The molecular formula is C11H13NO3Se. The minimum atomic E-state index is -0.873. The summed E-state index contributed by atoms with van der Waals surface area (Å²) in [7, 11) is 0. The first-order chi connectivity index (χ1) is 7.65. The molecule has 1 aromatic carbocycles. The number of Topliss-reactive ketones (excluding diaryl/α,β-unsaturated/α-hetero) is 1. The van der Waals surface area contributed by atoms with Gasteiger partial charge < -0.3 is 0 Å². The van der Waals surface area contributed by atoms with Crippen molar-refractivity contribution in [2.45, 2.75) is 18.0 Å². The molecule has 0 aromatic heterocycles. The molecule has 1 atom stereocenters. The summed E-state index contributed by atoms with van der Waals surface area (Å²) in [5, 5.41) is 0.367. The number of esters is 1. The van der Waals surface area contributed by atoms with Crippen LogP contribution in [0.15, 0.2) is 30.3 Å². The Balaban J connectivity index is 2.44. The summed E-state index contributed by atoms with van der Waals surface area (Å²) in [4.78, 5) is 22.5. The molecule has 16 heavy (non-hydrogen) atoms. The molecule has 86 valence electrons. The molecule has 0 aliphatic heterocycles. The van der Waals surface area contributed by atoms with Crippen LogP contribution in [0, 0.1) is 0 Å². The Bertz CT molecular complexity index is 367. The van der Waals surface area contributed by atoms with E-state index in [-0.39, 0.29) is 6.61 Å². The second kappa shape index (κ2) is 6.43. The van der Waals surface area contributed by atoms with Gasteiger partial charge >= 0.3 is 102 Å². The van der Waals surface area contributed by atoms with Crippen molar-refractivity contribution < 1.29 is 14.3 Å². The van der Waals surface area contributed by atoms with Crippen LogP contribution in [0.3, 0.4) is 0 Å². The van der Waals surface area contributed by atoms with Crippen molar-refractivity contribution in [1.82, 2.24) is 0 Å². The van der Waals surface area contributed by atoms with Gasteiger partial charge in [0.05, 0.1) is 0 Å². The summed E-state index contributed by atoms with van der Waals surface area (Å²) in [6, 6.07) is 8.37. The average Bonchev–Trinajstić information content (AvgIpc) is 2.35. The molecule has 0 saturated heterocycles. The van der Waals surface area contributed by atoms with Gasteiger partial charge in [0.1, 0.15) is 0 Å². The summed E-state index contributed by atoms with van der Waals surface area (Å²) in [6.07, 6.45) is 0. The standard InChI is InChI=1S/C11H13NO3Se/c12-9(7-16)10(13)11(14)15-6-8-4-2-1-3-5-8/h1-5,9,16H,6-7,12H2/t9-/m0/s1. The quantitative estimate of drug-likeness (QED) is 0.468. The Hall–Kier alpha value is -1.16. The van der Waals surface area contributed by atoms with Crippen molar-refractivity contribution in [2.24, 2.45) is 5.73 Å². The van der Waals surface area contributed by atoms with Crippen LogP contribution in [0.2, 0.25) is 5.32 Å². The fourth-order valence-corrected chi connectivity index (χ4v) is 1.38. The number of nitrogens with two attached hydrogens (primary N) is 1. The first-order valence-corrected chi connectivity index (χ1v) is 6.09. The van der Waals surface area contributed by atoms with Crippen molar-refractivity contribution >= 4 is 27.8 Å². The Morgan fingerprint density at radius 1 is 1.31 bits per heavy atom. The summed E-state index contributed by atoms with van der Waals surface area (Å²) in [6.45, 7) is 0.0940. The van der Waals surface area contributed by atoms with Crippen LogP contribution in [0.5, 0.6) is 0 Å². The Morgan fingerprint density at radius 2 is 1.94 bits per heavy atom. The molecular weight excluding hydrogens is 273 g/mol. The zero-order chi connectivity index (χ0) is 12.0. The number of ether oxygens (including phenoxy) is 1. The van der Waals surface area contributed by atoms with Gasteiger partial charge in [-0.1, -0.05) is 0 Å². The number of carbonyl (C=O) groups is 2. The van der Waals surface area contributed by atoms with Crippen LogP contribution < -0.4 is 5.73 Å². The number of ketones is 1.